The van der Waals surface area contributed by atoms with E-state index in [1.54, 1.807) is 0 Å². The molecule has 0 amide bonds. The van der Waals surface area contributed by atoms with Gasteiger partial charge >= 0.3 is 0 Å². The Morgan fingerprint density at radius 2 is 1.56 bits per heavy atom. The molecule has 1 unspecified atom stereocenters. The lowest BCUT2D eigenvalue weighted by atomic mass is 10.00. The Bertz CT molecular complexity index is 200. The van der Waals surface area contributed by atoms with Crippen molar-refractivity contribution in [3.05, 3.63) is 0 Å². The van der Waals surface area contributed by atoms with Crippen LogP contribution in [0.4, 0.5) is 0 Å². The molecule has 18 heavy (non-hydrogen) atoms. The molecular weight excluding hydrogens is 269 g/mol. The molecule has 110 valence electrons. The molecule has 0 bridgehead atoms. The van der Waals surface area contributed by atoms with Crippen LogP contribution in [0, 0.1) is 0 Å². The van der Waals surface area contributed by atoms with Gasteiger partial charge in [-0.2, -0.15) is 0 Å². The van der Waals surface area contributed by atoms with Gasteiger partial charge in [-0.15, -0.1) is 24.8 Å². The van der Waals surface area contributed by atoms with Crippen LogP contribution in [0.5, 0.6) is 0 Å². The maximum atomic E-state index is 5.85. The molecule has 1 atom stereocenters. The summed E-state index contributed by atoms with van der Waals surface area (Å²) < 4.78 is 0. The van der Waals surface area contributed by atoms with E-state index in [-0.39, 0.29) is 24.8 Å². The van der Waals surface area contributed by atoms with E-state index in [4.69, 9.17) is 5.73 Å². The molecule has 0 spiro atoms. The number of rotatable bonds is 3. The van der Waals surface area contributed by atoms with E-state index in [1.807, 2.05) is 0 Å². The van der Waals surface area contributed by atoms with Gasteiger partial charge in [0.2, 0.25) is 0 Å². The highest BCUT2D eigenvalue weighted by Gasteiger charge is 2.25. The quantitative estimate of drug-likeness (QED) is 0.866. The smallest absolute Gasteiger partial charge is 0.0139 e. The summed E-state index contributed by atoms with van der Waals surface area (Å²) in [6.07, 6.45) is 6.99. The first-order chi connectivity index (χ1) is 7.75. The lowest BCUT2D eigenvalue weighted by molar-refractivity contribution is 0.0907. The molecule has 0 aromatic rings. The summed E-state index contributed by atoms with van der Waals surface area (Å²) in [6, 6.07) is 1.19. The minimum absolute atomic E-state index is 0. The third-order valence-corrected chi connectivity index (χ3v) is 4.01. The monoisotopic (exact) mass is 297 g/mol. The largest absolute Gasteiger partial charge is 0.327 e. The summed E-state index contributed by atoms with van der Waals surface area (Å²) in [6.45, 7) is 8.38. The third kappa shape index (κ3) is 5.62. The van der Waals surface area contributed by atoms with Gasteiger partial charge in [-0.3, -0.25) is 0 Å². The second-order valence-corrected chi connectivity index (χ2v) is 5.61. The zero-order valence-corrected chi connectivity index (χ0v) is 13.1. The first kappa shape index (κ1) is 18.5. The van der Waals surface area contributed by atoms with E-state index in [1.165, 1.54) is 58.3 Å². The fourth-order valence-electron chi connectivity index (χ4n) is 3.16. The fourth-order valence-corrected chi connectivity index (χ4v) is 3.16. The Morgan fingerprint density at radius 3 is 2.06 bits per heavy atom. The second kappa shape index (κ2) is 9.38. The lowest BCUT2D eigenvalue weighted by Crippen LogP contribution is -2.48. The van der Waals surface area contributed by atoms with Gasteiger partial charge in [-0.25, -0.2) is 0 Å². The van der Waals surface area contributed by atoms with E-state index in [2.05, 4.69) is 16.7 Å². The van der Waals surface area contributed by atoms with E-state index in [9.17, 15) is 0 Å². The predicted molar refractivity (Wildman–Crippen MR) is 83.0 cm³/mol. The van der Waals surface area contributed by atoms with E-state index < -0.39 is 0 Å². The van der Waals surface area contributed by atoms with Gasteiger partial charge in [-0.05, 0) is 58.8 Å². The van der Waals surface area contributed by atoms with Crippen LogP contribution in [0.3, 0.4) is 0 Å². The van der Waals surface area contributed by atoms with Crippen molar-refractivity contribution in [3.8, 4) is 0 Å². The van der Waals surface area contributed by atoms with Crippen molar-refractivity contribution in [2.24, 2.45) is 5.73 Å². The number of nitrogens with zero attached hydrogens (tertiary/aromatic N) is 2. The Hall–Kier alpha value is 0.460. The van der Waals surface area contributed by atoms with Crippen molar-refractivity contribution >= 4 is 24.8 Å². The molecule has 2 rings (SSSR count). The molecule has 5 heteroatoms. The molecule has 2 heterocycles. The first-order valence-electron chi connectivity index (χ1n) is 6.97. The molecule has 2 fully saturated rings. The van der Waals surface area contributed by atoms with Crippen LogP contribution >= 0.6 is 24.8 Å². The maximum absolute atomic E-state index is 5.85. The number of likely N-dealkylation sites (tertiary alicyclic amines) is 2. The minimum Gasteiger partial charge on any atom is -0.327 e. The van der Waals surface area contributed by atoms with Gasteiger partial charge in [0.25, 0.3) is 0 Å². The summed E-state index contributed by atoms with van der Waals surface area (Å²) in [5, 5.41) is 0. The van der Waals surface area contributed by atoms with E-state index in [0.29, 0.717) is 6.04 Å². The van der Waals surface area contributed by atoms with Crippen LogP contribution < -0.4 is 5.73 Å². The van der Waals surface area contributed by atoms with Gasteiger partial charge in [0.1, 0.15) is 0 Å². The first-order valence-corrected chi connectivity index (χ1v) is 6.97. The van der Waals surface area contributed by atoms with Crippen molar-refractivity contribution in [1.29, 1.82) is 0 Å². The summed E-state index contributed by atoms with van der Waals surface area (Å²) >= 11 is 0. The predicted octanol–water partition coefficient (Wildman–Crippen LogP) is 2.13. The van der Waals surface area contributed by atoms with Crippen molar-refractivity contribution < 1.29 is 0 Å². The number of hydrogen-bond acceptors (Lipinski definition) is 3. The Morgan fingerprint density at radius 1 is 1.00 bits per heavy atom. The molecule has 2 saturated heterocycles. The molecule has 2 N–H and O–H groups in total. The average Bonchev–Trinajstić information content (AvgIpc) is 2.30. The Labute approximate surface area is 124 Å². The van der Waals surface area contributed by atoms with E-state index >= 15 is 0 Å². The van der Waals surface area contributed by atoms with Crippen molar-refractivity contribution in [3.63, 3.8) is 0 Å². The maximum Gasteiger partial charge on any atom is 0.0139 e. The fraction of sp³-hybridized carbons (Fsp3) is 1.00. The molecule has 2 aliphatic rings. The van der Waals surface area contributed by atoms with Gasteiger partial charge in [-0.1, -0.05) is 6.42 Å². The summed E-state index contributed by atoms with van der Waals surface area (Å²) in [5.41, 5.74) is 5.85. The topological polar surface area (TPSA) is 32.5 Å². The molecule has 0 saturated carbocycles. The number of piperidine rings is 2. The molecule has 0 radical (unpaired) electrons. The molecule has 0 aromatic carbocycles. The Balaban J connectivity index is 0.00000144. The van der Waals surface area contributed by atoms with E-state index in [0.717, 1.165) is 12.6 Å². The number of nitrogens with two attached hydrogens (primary N) is 1. The van der Waals surface area contributed by atoms with Crippen molar-refractivity contribution in [1.82, 2.24) is 9.80 Å². The summed E-state index contributed by atoms with van der Waals surface area (Å²) in [7, 11) is 0. The van der Waals surface area contributed by atoms with Gasteiger partial charge in [0.05, 0.1) is 0 Å². The lowest BCUT2D eigenvalue weighted by Gasteiger charge is -2.40. The van der Waals surface area contributed by atoms with Crippen LogP contribution in [-0.4, -0.2) is 54.6 Å². The average molecular weight is 298 g/mol. The zero-order chi connectivity index (χ0) is 11.4. The van der Waals surface area contributed by atoms with Crippen molar-refractivity contribution in [2.75, 3.05) is 32.7 Å². The van der Waals surface area contributed by atoms with Gasteiger partial charge < -0.3 is 15.5 Å². The standard InChI is InChI=1S/C13H27N3.2ClH/c1-12(14)11-15-9-5-13(6-10-15)16-7-3-2-4-8-16;;/h12-13H,2-11,14H2,1H3;2*1H. The van der Waals surface area contributed by atoms with Crippen LogP contribution in [0.15, 0.2) is 0 Å². The highest BCUT2D eigenvalue weighted by Crippen LogP contribution is 2.20. The van der Waals surface area contributed by atoms with Gasteiger partial charge in [0.15, 0.2) is 0 Å². The summed E-state index contributed by atoms with van der Waals surface area (Å²) in [4.78, 5) is 5.26. The third-order valence-electron chi connectivity index (χ3n) is 4.01. The second-order valence-electron chi connectivity index (χ2n) is 5.61. The molecule has 0 aromatic heterocycles. The van der Waals surface area contributed by atoms with Gasteiger partial charge in [0, 0.05) is 18.6 Å². The van der Waals surface area contributed by atoms with Crippen molar-refractivity contribution in [2.45, 2.75) is 51.1 Å². The number of halogens is 2. The zero-order valence-electron chi connectivity index (χ0n) is 11.5. The Kier molecular flexibility index (Phi) is 9.62. The highest BCUT2D eigenvalue weighted by molar-refractivity contribution is 5.85. The molecule has 0 aliphatic carbocycles. The molecule has 3 nitrogen and oxygen atoms in total. The minimum atomic E-state index is 0. The van der Waals surface area contributed by atoms with Crippen LogP contribution in [0.25, 0.3) is 0 Å². The SMILES string of the molecule is CC(N)CN1CCC(N2CCCCC2)CC1.Cl.Cl. The van der Waals surface area contributed by atoms with Crippen LogP contribution in [0.1, 0.15) is 39.0 Å². The number of hydrogen-bond donors (Lipinski definition) is 1. The molecule has 2 aliphatic heterocycles. The summed E-state index contributed by atoms with van der Waals surface area (Å²) in [5.74, 6) is 0. The van der Waals surface area contributed by atoms with Crippen LogP contribution in [-0.2, 0) is 0 Å². The van der Waals surface area contributed by atoms with Crippen LogP contribution in [0.2, 0.25) is 0 Å². The highest BCUT2D eigenvalue weighted by atomic mass is 35.5. The molecular formula is C13H29Cl2N3. The normalized spacial score (nSPS) is 25.0.